The fourth-order valence-corrected chi connectivity index (χ4v) is 3.59. The van der Waals surface area contributed by atoms with E-state index < -0.39 is 0 Å². The quantitative estimate of drug-likeness (QED) is 0.646. The molecule has 2 heteroatoms. The van der Waals surface area contributed by atoms with E-state index in [1.54, 1.807) is 0 Å². The van der Waals surface area contributed by atoms with Gasteiger partial charge in [-0.1, -0.05) is 13.3 Å². The number of aliphatic hydroxyl groups is 1. The number of rotatable bonds is 1. The maximum Gasteiger partial charge on any atom is 0.0654 e. The highest BCUT2D eigenvalue weighted by molar-refractivity contribution is 4.99. The zero-order valence-electron chi connectivity index (χ0n) is 8.71. The summed E-state index contributed by atoms with van der Waals surface area (Å²) < 4.78 is 0. The third kappa shape index (κ3) is 1.62. The van der Waals surface area contributed by atoms with E-state index in [9.17, 15) is 5.11 Å². The summed E-state index contributed by atoms with van der Waals surface area (Å²) in [5, 5.41) is 13.7. The molecule has 0 saturated heterocycles. The van der Waals surface area contributed by atoms with Gasteiger partial charge in [-0.05, 0) is 44.6 Å². The van der Waals surface area contributed by atoms with Crippen molar-refractivity contribution >= 4 is 0 Å². The predicted molar refractivity (Wildman–Crippen MR) is 53.5 cm³/mol. The van der Waals surface area contributed by atoms with Gasteiger partial charge in [0.05, 0.1) is 5.60 Å². The van der Waals surface area contributed by atoms with E-state index in [1.165, 1.54) is 12.8 Å². The molecule has 3 unspecified atom stereocenters. The molecule has 2 aliphatic rings. The average Bonchev–Trinajstić information content (AvgIpc) is 2.02. The third-order valence-corrected chi connectivity index (χ3v) is 4.02. The molecule has 2 rings (SSSR count). The van der Waals surface area contributed by atoms with Crippen molar-refractivity contribution in [3.8, 4) is 0 Å². The largest absolute Gasteiger partial charge is 0.390 e. The maximum absolute atomic E-state index is 10.3. The van der Waals surface area contributed by atoms with Crippen LogP contribution < -0.4 is 5.32 Å². The monoisotopic (exact) mass is 183 g/mol. The van der Waals surface area contributed by atoms with Crippen molar-refractivity contribution in [2.45, 2.75) is 50.7 Å². The summed E-state index contributed by atoms with van der Waals surface area (Å²) in [6, 6.07) is 0.639. The molecule has 0 radical (unpaired) electrons. The van der Waals surface area contributed by atoms with Crippen molar-refractivity contribution in [1.82, 2.24) is 5.32 Å². The second kappa shape index (κ2) is 3.25. The van der Waals surface area contributed by atoms with Gasteiger partial charge < -0.3 is 10.4 Å². The highest BCUT2D eigenvalue weighted by atomic mass is 16.3. The van der Waals surface area contributed by atoms with Gasteiger partial charge in [0.25, 0.3) is 0 Å². The summed E-state index contributed by atoms with van der Waals surface area (Å²) in [4.78, 5) is 0. The Balaban J connectivity index is 2.13. The molecular formula is C11H21NO. The minimum atomic E-state index is -0.310. The molecule has 2 bridgehead atoms. The number of hydrogen-bond acceptors (Lipinski definition) is 2. The summed E-state index contributed by atoms with van der Waals surface area (Å²) in [7, 11) is 2.06. The molecular weight excluding hydrogens is 162 g/mol. The fraction of sp³-hybridized carbons (Fsp3) is 1.00. The van der Waals surface area contributed by atoms with Gasteiger partial charge in [-0.3, -0.25) is 0 Å². The Labute approximate surface area is 80.7 Å². The van der Waals surface area contributed by atoms with Gasteiger partial charge in [0.15, 0.2) is 0 Å². The first-order chi connectivity index (χ1) is 6.14. The van der Waals surface area contributed by atoms with Crippen LogP contribution in [0.2, 0.25) is 0 Å². The molecule has 0 spiro atoms. The van der Waals surface area contributed by atoms with Gasteiger partial charge in [0.1, 0.15) is 0 Å². The molecule has 2 saturated carbocycles. The Bertz CT molecular complexity index is 191. The number of nitrogens with one attached hydrogen (secondary N) is 1. The van der Waals surface area contributed by atoms with Crippen LogP contribution in [-0.4, -0.2) is 23.8 Å². The Morgan fingerprint density at radius 2 is 2.15 bits per heavy atom. The first-order valence-corrected chi connectivity index (χ1v) is 5.54. The second-order valence-corrected chi connectivity index (χ2v) is 5.08. The molecule has 0 aromatic carbocycles. The van der Waals surface area contributed by atoms with Crippen LogP contribution in [0.4, 0.5) is 0 Å². The van der Waals surface area contributed by atoms with E-state index in [4.69, 9.17) is 0 Å². The Morgan fingerprint density at radius 1 is 1.38 bits per heavy atom. The second-order valence-electron chi connectivity index (χ2n) is 5.08. The highest BCUT2D eigenvalue weighted by Gasteiger charge is 2.44. The lowest BCUT2D eigenvalue weighted by molar-refractivity contribution is -0.0765. The van der Waals surface area contributed by atoms with Gasteiger partial charge in [0, 0.05) is 6.04 Å². The van der Waals surface area contributed by atoms with Crippen molar-refractivity contribution in [3.63, 3.8) is 0 Å². The van der Waals surface area contributed by atoms with E-state index in [1.807, 2.05) is 0 Å². The zero-order chi connectivity index (χ0) is 9.47. The Morgan fingerprint density at radius 3 is 2.85 bits per heavy atom. The highest BCUT2D eigenvalue weighted by Crippen LogP contribution is 2.44. The first kappa shape index (κ1) is 9.47. The lowest BCUT2D eigenvalue weighted by atomic mass is 9.63. The molecule has 2 aliphatic carbocycles. The van der Waals surface area contributed by atoms with Crippen LogP contribution in [0.1, 0.15) is 39.0 Å². The molecule has 0 aromatic heterocycles. The van der Waals surface area contributed by atoms with Crippen LogP contribution in [0.25, 0.3) is 0 Å². The van der Waals surface area contributed by atoms with Crippen LogP contribution in [0.3, 0.4) is 0 Å². The van der Waals surface area contributed by atoms with Crippen molar-refractivity contribution in [2.24, 2.45) is 11.8 Å². The molecule has 4 atom stereocenters. The molecule has 13 heavy (non-hydrogen) atoms. The van der Waals surface area contributed by atoms with Crippen LogP contribution in [0.15, 0.2) is 0 Å². The summed E-state index contributed by atoms with van der Waals surface area (Å²) in [6.07, 6.45) is 5.58. The standard InChI is InChI=1S/C11H21NO/c1-8-6-11(13)5-3-4-9(7-11)10(8)12-2/h8-10,12-13H,3-7H2,1-2H3/t8?,9?,10?,11-/m0/s1. The zero-order valence-corrected chi connectivity index (χ0v) is 8.71. The molecule has 0 heterocycles. The predicted octanol–water partition coefficient (Wildman–Crippen LogP) is 1.54. The lowest BCUT2D eigenvalue weighted by Crippen LogP contribution is -2.53. The van der Waals surface area contributed by atoms with E-state index in [0.29, 0.717) is 17.9 Å². The van der Waals surface area contributed by atoms with Crippen molar-refractivity contribution < 1.29 is 5.11 Å². The summed E-state index contributed by atoms with van der Waals surface area (Å²) in [5.74, 6) is 1.35. The van der Waals surface area contributed by atoms with Crippen LogP contribution in [-0.2, 0) is 0 Å². The van der Waals surface area contributed by atoms with E-state index in [2.05, 4.69) is 19.3 Å². The summed E-state index contributed by atoms with van der Waals surface area (Å²) >= 11 is 0. The van der Waals surface area contributed by atoms with Crippen molar-refractivity contribution in [1.29, 1.82) is 0 Å². The minimum Gasteiger partial charge on any atom is -0.390 e. The molecule has 2 fully saturated rings. The Hall–Kier alpha value is -0.0800. The molecule has 2 N–H and O–H groups in total. The first-order valence-electron chi connectivity index (χ1n) is 5.54. The van der Waals surface area contributed by atoms with Gasteiger partial charge >= 0.3 is 0 Å². The van der Waals surface area contributed by atoms with Crippen LogP contribution >= 0.6 is 0 Å². The van der Waals surface area contributed by atoms with Crippen LogP contribution in [0, 0.1) is 11.8 Å². The lowest BCUT2D eigenvalue weighted by Gasteiger charge is -2.49. The third-order valence-electron chi connectivity index (χ3n) is 4.02. The van der Waals surface area contributed by atoms with Crippen LogP contribution in [0.5, 0.6) is 0 Å². The summed E-state index contributed by atoms with van der Waals surface area (Å²) in [6.45, 7) is 2.27. The fourth-order valence-electron chi connectivity index (χ4n) is 3.59. The molecule has 76 valence electrons. The molecule has 0 aromatic rings. The molecule has 0 aliphatic heterocycles. The molecule has 2 nitrogen and oxygen atoms in total. The minimum absolute atomic E-state index is 0.310. The van der Waals surface area contributed by atoms with Gasteiger partial charge in [-0.25, -0.2) is 0 Å². The average molecular weight is 183 g/mol. The van der Waals surface area contributed by atoms with E-state index in [-0.39, 0.29) is 5.60 Å². The van der Waals surface area contributed by atoms with Gasteiger partial charge in [0.2, 0.25) is 0 Å². The smallest absolute Gasteiger partial charge is 0.0654 e. The molecule has 0 amide bonds. The van der Waals surface area contributed by atoms with Crippen molar-refractivity contribution in [2.75, 3.05) is 7.05 Å². The topological polar surface area (TPSA) is 32.3 Å². The van der Waals surface area contributed by atoms with Gasteiger partial charge in [-0.15, -0.1) is 0 Å². The SMILES string of the molecule is CNC1C(C)C[C@@]2(O)CCCC1C2. The van der Waals surface area contributed by atoms with Gasteiger partial charge in [-0.2, -0.15) is 0 Å². The number of hydrogen-bond donors (Lipinski definition) is 2. The van der Waals surface area contributed by atoms with E-state index in [0.717, 1.165) is 19.3 Å². The normalized spacial score (nSPS) is 50.5. The maximum atomic E-state index is 10.3. The van der Waals surface area contributed by atoms with Crippen molar-refractivity contribution in [3.05, 3.63) is 0 Å². The Kier molecular flexibility index (Phi) is 2.37. The summed E-state index contributed by atoms with van der Waals surface area (Å²) in [5.41, 5.74) is -0.310. The van der Waals surface area contributed by atoms with E-state index >= 15 is 0 Å². The number of fused-ring (bicyclic) bond motifs is 2.